The number of halogens is 2. The Morgan fingerprint density at radius 1 is 1.38 bits per heavy atom. The number of hydrogen-bond acceptors (Lipinski definition) is 3. The molecule has 72 valence electrons. The van der Waals surface area contributed by atoms with Crippen molar-refractivity contribution in [3.63, 3.8) is 0 Å². The quantitative estimate of drug-likeness (QED) is 0.605. The minimum absolute atomic E-state index is 0.475. The van der Waals surface area contributed by atoms with Crippen LogP contribution in [0.1, 0.15) is 5.56 Å². The van der Waals surface area contributed by atoms with Gasteiger partial charge in [0.1, 0.15) is 5.75 Å². The van der Waals surface area contributed by atoms with E-state index < -0.39 is 0 Å². The van der Waals surface area contributed by atoms with Gasteiger partial charge in [0.15, 0.2) is 0 Å². The average molecular weight is 221 g/mol. The highest BCUT2D eigenvalue weighted by molar-refractivity contribution is 6.34. The number of hydrogen-bond donors (Lipinski definition) is 2. The summed E-state index contributed by atoms with van der Waals surface area (Å²) in [5.41, 5.74) is 3.35. The second-order valence-corrected chi connectivity index (χ2v) is 3.27. The molecule has 1 aromatic rings. The van der Waals surface area contributed by atoms with Gasteiger partial charge in [0.05, 0.1) is 12.1 Å². The lowest BCUT2D eigenvalue weighted by molar-refractivity contribution is 0.415. The number of hydrazine groups is 1. The van der Waals surface area contributed by atoms with E-state index in [1.54, 1.807) is 19.2 Å². The molecule has 0 aliphatic heterocycles. The molecule has 1 aromatic carbocycles. The summed E-state index contributed by atoms with van der Waals surface area (Å²) in [5, 5.41) is 1.11. The van der Waals surface area contributed by atoms with Gasteiger partial charge in [-0.2, -0.15) is 0 Å². The number of nitrogens with one attached hydrogen (secondary N) is 1. The summed E-state index contributed by atoms with van der Waals surface area (Å²) in [5.74, 6) is 5.73. The average Bonchev–Trinajstić information content (AvgIpc) is 2.11. The van der Waals surface area contributed by atoms with Crippen LogP contribution in [-0.2, 0) is 6.54 Å². The predicted octanol–water partition coefficient (Wildman–Crippen LogP) is 1.97. The molecule has 13 heavy (non-hydrogen) atoms. The van der Waals surface area contributed by atoms with Crippen LogP contribution in [0.3, 0.4) is 0 Å². The molecule has 0 saturated heterocycles. The zero-order valence-corrected chi connectivity index (χ0v) is 8.62. The van der Waals surface area contributed by atoms with Crippen LogP contribution in [-0.4, -0.2) is 7.11 Å². The van der Waals surface area contributed by atoms with E-state index in [9.17, 15) is 0 Å². The van der Waals surface area contributed by atoms with E-state index in [4.69, 9.17) is 33.8 Å². The van der Waals surface area contributed by atoms with Crippen LogP contribution in [0.4, 0.5) is 0 Å². The number of rotatable bonds is 3. The molecule has 0 fully saturated rings. The van der Waals surface area contributed by atoms with Crippen molar-refractivity contribution < 1.29 is 4.74 Å². The Hall–Kier alpha value is -0.480. The molecule has 0 aromatic heterocycles. The van der Waals surface area contributed by atoms with Gasteiger partial charge in [0.25, 0.3) is 0 Å². The molecule has 0 saturated carbocycles. The van der Waals surface area contributed by atoms with E-state index in [-0.39, 0.29) is 0 Å². The van der Waals surface area contributed by atoms with Crippen molar-refractivity contribution in [1.29, 1.82) is 0 Å². The van der Waals surface area contributed by atoms with Crippen molar-refractivity contribution in [3.8, 4) is 5.75 Å². The van der Waals surface area contributed by atoms with Gasteiger partial charge in [-0.15, -0.1) is 0 Å². The van der Waals surface area contributed by atoms with Crippen molar-refractivity contribution in [2.75, 3.05) is 7.11 Å². The maximum atomic E-state index is 5.92. The third-order valence-electron chi connectivity index (χ3n) is 1.61. The van der Waals surface area contributed by atoms with Crippen LogP contribution in [0.2, 0.25) is 10.0 Å². The van der Waals surface area contributed by atoms with Gasteiger partial charge in [-0.1, -0.05) is 23.2 Å². The molecule has 5 heteroatoms. The first kappa shape index (κ1) is 10.6. The van der Waals surface area contributed by atoms with Gasteiger partial charge in [-0.3, -0.25) is 11.3 Å². The van der Waals surface area contributed by atoms with Gasteiger partial charge in [-0.05, 0) is 11.6 Å². The second-order valence-electron chi connectivity index (χ2n) is 2.46. The molecule has 3 N–H and O–H groups in total. The van der Waals surface area contributed by atoms with E-state index in [0.29, 0.717) is 22.3 Å². The van der Waals surface area contributed by atoms with Crippen LogP contribution in [0.5, 0.6) is 5.75 Å². The first-order valence-electron chi connectivity index (χ1n) is 3.64. The molecule has 0 amide bonds. The highest BCUT2D eigenvalue weighted by Gasteiger charge is 2.06. The summed E-state index contributed by atoms with van der Waals surface area (Å²) in [6, 6.07) is 3.39. The Balaban J connectivity index is 3.05. The molecule has 0 aliphatic rings. The van der Waals surface area contributed by atoms with Crippen molar-refractivity contribution >= 4 is 23.2 Å². The molecule has 0 aliphatic carbocycles. The van der Waals surface area contributed by atoms with Crippen molar-refractivity contribution in [1.82, 2.24) is 5.43 Å². The third kappa shape index (κ3) is 2.48. The topological polar surface area (TPSA) is 47.3 Å². The largest absolute Gasteiger partial charge is 0.495 e. The predicted molar refractivity (Wildman–Crippen MR) is 54.0 cm³/mol. The SMILES string of the molecule is COc1cc(Cl)c(CNN)cc1Cl. The minimum atomic E-state index is 0.475. The fourth-order valence-corrected chi connectivity index (χ4v) is 1.46. The molecule has 3 nitrogen and oxygen atoms in total. The first-order valence-corrected chi connectivity index (χ1v) is 4.40. The first-order chi connectivity index (χ1) is 6.19. The zero-order chi connectivity index (χ0) is 9.84. The molecule has 0 heterocycles. The summed E-state index contributed by atoms with van der Waals surface area (Å²) in [7, 11) is 1.54. The number of methoxy groups -OCH3 is 1. The fraction of sp³-hybridized carbons (Fsp3) is 0.250. The lowest BCUT2D eigenvalue weighted by Gasteiger charge is -2.07. The van der Waals surface area contributed by atoms with E-state index >= 15 is 0 Å². The Bertz CT molecular complexity index is 304. The van der Waals surface area contributed by atoms with E-state index in [0.717, 1.165) is 5.56 Å². The molecule has 0 atom stereocenters. The number of ether oxygens (including phenoxy) is 1. The standard InChI is InChI=1S/C8H10Cl2N2O/c1-13-8-3-6(9)5(4-12-11)2-7(8)10/h2-3,12H,4,11H2,1H3. The highest BCUT2D eigenvalue weighted by Crippen LogP contribution is 2.30. The Morgan fingerprint density at radius 3 is 2.62 bits per heavy atom. The van der Waals surface area contributed by atoms with Crippen LogP contribution in [0.15, 0.2) is 12.1 Å². The Labute approximate surface area is 86.7 Å². The van der Waals surface area contributed by atoms with E-state index in [1.807, 2.05) is 0 Å². The van der Waals surface area contributed by atoms with Crippen LogP contribution < -0.4 is 16.0 Å². The van der Waals surface area contributed by atoms with E-state index in [2.05, 4.69) is 5.43 Å². The monoisotopic (exact) mass is 220 g/mol. The summed E-state index contributed by atoms with van der Waals surface area (Å²) in [4.78, 5) is 0. The van der Waals surface area contributed by atoms with Crippen LogP contribution in [0.25, 0.3) is 0 Å². The van der Waals surface area contributed by atoms with Crippen LogP contribution >= 0.6 is 23.2 Å². The second kappa shape index (κ2) is 4.67. The van der Waals surface area contributed by atoms with Crippen molar-refractivity contribution in [3.05, 3.63) is 27.7 Å². The maximum Gasteiger partial charge on any atom is 0.138 e. The van der Waals surface area contributed by atoms with Crippen molar-refractivity contribution in [2.24, 2.45) is 5.84 Å². The highest BCUT2D eigenvalue weighted by atomic mass is 35.5. The summed E-state index contributed by atoms with van der Waals surface area (Å²) in [6.07, 6.45) is 0. The summed E-state index contributed by atoms with van der Waals surface area (Å²) in [6.45, 7) is 0.475. The summed E-state index contributed by atoms with van der Waals surface area (Å²) >= 11 is 11.8. The molecule has 1 rings (SSSR count). The van der Waals surface area contributed by atoms with Gasteiger partial charge < -0.3 is 4.74 Å². The van der Waals surface area contributed by atoms with Gasteiger partial charge in [-0.25, -0.2) is 0 Å². The maximum absolute atomic E-state index is 5.92. The molecule has 0 spiro atoms. The van der Waals surface area contributed by atoms with Crippen LogP contribution in [0, 0.1) is 0 Å². The molecule has 0 radical (unpaired) electrons. The normalized spacial score (nSPS) is 10.2. The third-order valence-corrected chi connectivity index (χ3v) is 2.26. The molecular formula is C8H10Cl2N2O. The minimum Gasteiger partial charge on any atom is -0.495 e. The number of nitrogens with two attached hydrogens (primary N) is 1. The van der Waals surface area contributed by atoms with Crippen molar-refractivity contribution in [2.45, 2.75) is 6.54 Å². The number of benzene rings is 1. The fourth-order valence-electron chi connectivity index (χ4n) is 0.972. The molecule has 0 unspecified atom stereocenters. The lowest BCUT2D eigenvalue weighted by Crippen LogP contribution is -2.21. The lowest BCUT2D eigenvalue weighted by atomic mass is 10.2. The van der Waals surface area contributed by atoms with Gasteiger partial charge >= 0.3 is 0 Å². The molecule has 0 bridgehead atoms. The van der Waals surface area contributed by atoms with Gasteiger partial charge in [0, 0.05) is 17.6 Å². The van der Waals surface area contributed by atoms with Gasteiger partial charge in [0.2, 0.25) is 0 Å². The molecular weight excluding hydrogens is 211 g/mol. The Kier molecular flexibility index (Phi) is 3.81. The van der Waals surface area contributed by atoms with E-state index in [1.165, 1.54) is 0 Å². The Morgan fingerprint density at radius 2 is 2.08 bits per heavy atom. The smallest absolute Gasteiger partial charge is 0.138 e. The summed E-state index contributed by atoms with van der Waals surface area (Å²) < 4.78 is 4.99. The zero-order valence-electron chi connectivity index (χ0n) is 7.10.